The van der Waals surface area contributed by atoms with Gasteiger partial charge in [0.2, 0.25) is 5.91 Å². The van der Waals surface area contributed by atoms with E-state index in [9.17, 15) is 15.0 Å². The van der Waals surface area contributed by atoms with Crippen LogP contribution in [0.2, 0.25) is 0 Å². The number of aliphatic hydroxyl groups is 1. The lowest BCUT2D eigenvalue weighted by atomic mass is 9.48. The van der Waals surface area contributed by atoms with Gasteiger partial charge in [0.05, 0.1) is 17.1 Å². The molecule has 0 unspecified atom stereocenters. The Morgan fingerprint density at radius 2 is 2.05 bits per heavy atom. The number of aryl methyl sites for hydroxylation is 1. The van der Waals surface area contributed by atoms with Gasteiger partial charge in [-0.15, -0.1) is 0 Å². The number of likely N-dealkylation sites (tertiary alicyclic amines) is 1. The molecule has 2 heterocycles. The molecule has 7 rings (SSSR count). The molecule has 1 saturated heterocycles. The second-order valence-corrected chi connectivity index (χ2v) is 12.1. The van der Waals surface area contributed by atoms with Crippen LogP contribution >= 0.6 is 0 Å². The molecule has 2 aromatic carbocycles. The van der Waals surface area contributed by atoms with Gasteiger partial charge in [-0.25, -0.2) is 0 Å². The van der Waals surface area contributed by atoms with E-state index in [0.29, 0.717) is 18.6 Å². The Hall–Kier alpha value is -2.83. The molecule has 2 aliphatic heterocycles. The van der Waals surface area contributed by atoms with E-state index in [0.717, 1.165) is 48.5 Å². The summed E-state index contributed by atoms with van der Waals surface area (Å²) in [5, 5.41) is 23.4. The van der Waals surface area contributed by atoms with E-state index >= 15 is 0 Å². The summed E-state index contributed by atoms with van der Waals surface area (Å²) in [7, 11) is 1.85. The lowest BCUT2D eigenvalue weighted by molar-refractivity contribution is -0.200. The summed E-state index contributed by atoms with van der Waals surface area (Å²) in [5.74, 6) is 1.34. The lowest BCUT2D eigenvalue weighted by Gasteiger charge is -2.64. The molecule has 2 aromatic rings. The normalized spacial score (nSPS) is 33.8. The Bertz CT molecular complexity index is 1300. The predicted octanol–water partition coefficient (Wildman–Crippen LogP) is 3.81. The Morgan fingerprint density at radius 3 is 2.84 bits per heavy atom. The number of amides is 1. The molecule has 2 saturated carbocycles. The molecule has 6 heteroatoms. The number of hydrogen-bond acceptors (Lipinski definition) is 5. The molecule has 1 amide bonds. The molecule has 2 bridgehead atoms. The van der Waals surface area contributed by atoms with Crippen LogP contribution in [0, 0.1) is 12.8 Å². The topological polar surface area (TPSA) is 73.2 Å². The summed E-state index contributed by atoms with van der Waals surface area (Å²) in [6, 6.07) is 11.7. The number of ether oxygens (including phenoxy) is 1. The quantitative estimate of drug-likeness (QED) is 0.611. The van der Waals surface area contributed by atoms with E-state index in [4.69, 9.17) is 4.74 Å². The van der Waals surface area contributed by atoms with Crippen molar-refractivity contribution in [3.63, 3.8) is 0 Å². The van der Waals surface area contributed by atoms with Crippen molar-refractivity contribution in [1.82, 2.24) is 9.80 Å². The zero-order valence-electron chi connectivity index (χ0n) is 21.7. The van der Waals surface area contributed by atoms with Crippen LogP contribution in [0.1, 0.15) is 54.4 Å². The highest BCUT2D eigenvalue weighted by molar-refractivity contribution is 5.92. The Labute approximate surface area is 218 Å². The molecule has 2 N–H and O–H groups in total. The van der Waals surface area contributed by atoms with Crippen LogP contribution in [0.4, 0.5) is 0 Å². The SMILES string of the molecule is Cc1cccc(/C=C/C(=O)N(C)[C@@H]2CC[C@@]3(O)[C@@H]4Cc5ccc(O)c6c5[C@@]3(CCN4CC3CC3)[C@H]2O6)c1. The largest absolute Gasteiger partial charge is 0.504 e. The minimum absolute atomic E-state index is 0.0408. The maximum absolute atomic E-state index is 13.4. The number of benzene rings is 2. The van der Waals surface area contributed by atoms with Crippen molar-refractivity contribution in [3.8, 4) is 11.5 Å². The van der Waals surface area contributed by atoms with Gasteiger partial charge in [-0.1, -0.05) is 35.9 Å². The molecule has 5 atom stereocenters. The van der Waals surface area contributed by atoms with E-state index in [-0.39, 0.29) is 29.8 Å². The third-order valence-corrected chi connectivity index (χ3v) is 10.0. The summed E-state index contributed by atoms with van der Waals surface area (Å²) in [6.45, 7) is 4.01. The molecule has 0 radical (unpaired) electrons. The van der Waals surface area contributed by atoms with Crippen LogP contribution in [0.3, 0.4) is 0 Å². The molecule has 37 heavy (non-hydrogen) atoms. The van der Waals surface area contributed by atoms with E-state index in [1.54, 1.807) is 17.0 Å². The van der Waals surface area contributed by atoms with Crippen molar-refractivity contribution < 1.29 is 19.7 Å². The van der Waals surface area contributed by atoms with Gasteiger partial charge in [-0.05, 0) is 81.2 Å². The van der Waals surface area contributed by atoms with Gasteiger partial charge in [-0.3, -0.25) is 9.69 Å². The van der Waals surface area contributed by atoms with Crippen molar-refractivity contribution in [3.05, 3.63) is 64.7 Å². The average Bonchev–Trinajstić information content (AvgIpc) is 3.62. The standard InChI is InChI=1S/C31H36N2O4/c1-19-4-3-5-20(16-19)8-11-26(35)32(2)23-12-13-31(36)25-17-22-9-10-24(34)28-27(22)30(31,29(23)37-28)14-15-33(25)18-21-6-7-21/h3-5,8-11,16,21,23,25,29,34,36H,6-7,12-15,17-18H2,1-2H3/b11-8+/t23-,25+,29+,30+,31-/m1/s1. The van der Waals surface area contributed by atoms with E-state index in [1.807, 2.05) is 44.3 Å². The number of likely N-dealkylation sites (N-methyl/N-ethyl adjacent to an activating group) is 1. The second-order valence-electron chi connectivity index (χ2n) is 12.1. The Morgan fingerprint density at radius 1 is 1.22 bits per heavy atom. The Kier molecular flexibility index (Phi) is 5.09. The Balaban J connectivity index is 1.25. The van der Waals surface area contributed by atoms with Crippen molar-refractivity contribution in [2.45, 2.75) is 74.7 Å². The molecule has 194 valence electrons. The van der Waals surface area contributed by atoms with Crippen LogP contribution in [0.25, 0.3) is 6.08 Å². The minimum Gasteiger partial charge on any atom is -0.504 e. The fraction of sp³-hybridized carbons (Fsp3) is 0.516. The maximum atomic E-state index is 13.4. The predicted molar refractivity (Wildman–Crippen MR) is 142 cm³/mol. The number of aromatic hydroxyl groups is 1. The van der Waals surface area contributed by atoms with E-state index < -0.39 is 11.0 Å². The summed E-state index contributed by atoms with van der Waals surface area (Å²) < 4.78 is 6.62. The number of carbonyl (C=O) groups is 1. The minimum atomic E-state index is -0.936. The third kappa shape index (κ3) is 3.28. The molecular weight excluding hydrogens is 464 g/mol. The molecule has 3 fully saturated rings. The fourth-order valence-electron chi connectivity index (χ4n) is 8.07. The first kappa shape index (κ1) is 23.3. The van der Waals surface area contributed by atoms with Crippen molar-refractivity contribution in [2.24, 2.45) is 5.92 Å². The third-order valence-electron chi connectivity index (χ3n) is 10.0. The number of hydrogen-bond donors (Lipinski definition) is 2. The number of phenols is 1. The van der Waals surface area contributed by atoms with Gasteiger partial charge in [0.25, 0.3) is 0 Å². The van der Waals surface area contributed by atoms with Crippen molar-refractivity contribution >= 4 is 12.0 Å². The highest BCUT2D eigenvalue weighted by Crippen LogP contribution is 2.66. The van der Waals surface area contributed by atoms with Crippen LogP contribution in [-0.2, 0) is 16.6 Å². The summed E-state index contributed by atoms with van der Waals surface area (Å²) in [5.41, 5.74) is 2.78. The molecule has 0 aromatic heterocycles. The fourth-order valence-corrected chi connectivity index (χ4v) is 8.07. The van der Waals surface area contributed by atoms with Gasteiger partial charge in [0.1, 0.15) is 6.10 Å². The smallest absolute Gasteiger partial charge is 0.246 e. The average molecular weight is 501 g/mol. The zero-order valence-corrected chi connectivity index (χ0v) is 21.7. The number of phenolic OH excluding ortho intramolecular Hbond substituents is 1. The van der Waals surface area contributed by atoms with Crippen molar-refractivity contribution in [2.75, 3.05) is 20.1 Å². The van der Waals surface area contributed by atoms with Gasteiger partial charge in [0.15, 0.2) is 11.5 Å². The monoisotopic (exact) mass is 500 g/mol. The van der Waals surface area contributed by atoms with Crippen LogP contribution < -0.4 is 4.74 Å². The van der Waals surface area contributed by atoms with Crippen LogP contribution in [0.15, 0.2) is 42.5 Å². The highest BCUT2D eigenvalue weighted by atomic mass is 16.5. The highest BCUT2D eigenvalue weighted by Gasteiger charge is 2.73. The summed E-state index contributed by atoms with van der Waals surface area (Å²) >= 11 is 0. The first-order valence-electron chi connectivity index (χ1n) is 13.8. The summed E-state index contributed by atoms with van der Waals surface area (Å²) in [6.07, 6.45) is 8.54. The van der Waals surface area contributed by atoms with Gasteiger partial charge >= 0.3 is 0 Å². The van der Waals surface area contributed by atoms with Crippen LogP contribution in [0.5, 0.6) is 11.5 Å². The van der Waals surface area contributed by atoms with Gasteiger partial charge in [-0.2, -0.15) is 0 Å². The maximum Gasteiger partial charge on any atom is 0.246 e. The van der Waals surface area contributed by atoms with Crippen LogP contribution in [-0.4, -0.2) is 69.8 Å². The first-order valence-corrected chi connectivity index (χ1v) is 13.8. The van der Waals surface area contributed by atoms with Crippen molar-refractivity contribution in [1.29, 1.82) is 0 Å². The van der Waals surface area contributed by atoms with Gasteiger partial charge < -0.3 is 19.8 Å². The lowest BCUT2D eigenvalue weighted by Crippen LogP contribution is -2.78. The second kappa shape index (κ2) is 8.08. The first-order chi connectivity index (χ1) is 17.8. The summed E-state index contributed by atoms with van der Waals surface area (Å²) in [4.78, 5) is 17.7. The number of piperidine rings is 1. The molecule has 6 nitrogen and oxygen atoms in total. The number of nitrogens with zero attached hydrogens (tertiary/aromatic N) is 2. The molecule has 3 aliphatic carbocycles. The van der Waals surface area contributed by atoms with E-state index in [2.05, 4.69) is 11.0 Å². The molecular formula is C31H36N2O4. The molecule has 5 aliphatic rings. The number of carbonyl (C=O) groups excluding carboxylic acids is 1. The zero-order chi connectivity index (χ0) is 25.5. The van der Waals surface area contributed by atoms with Gasteiger partial charge in [0, 0.05) is 31.3 Å². The van der Waals surface area contributed by atoms with E-state index in [1.165, 1.54) is 18.4 Å². The number of rotatable bonds is 5. The molecule has 1 spiro atoms.